The summed E-state index contributed by atoms with van der Waals surface area (Å²) in [5, 5.41) is 12.3. The molecule has 0 radical (unpaired) electrons. The minimum atomic E-state index is -0.506. The maximum atomic E-state index is 12.7. The summed E-state index contributed by atoms with van der Waals surface area (Å²) in [4.78, 5) is 12.7. The van der Waals surface area contributed by atoms with Crippen molar-refractivity contribution in [2.75, 3.05) is 19.0 Å². The highest BCUT2D eigenvalue weighted by Crippen LogP contribution is 2.28. The molecule has 6 heteroatoms. The number of benzene rings is 2. The lowest BCUT2D eigenvalue weighted by atomic mass is 10.1. The fraction of sp³-hybridized carbons (Fsp3) is 0.304. The second-order valence-corrected chi connectivity index (χ2v) is 7.48. The van der Waals surface area contributed by atoms with Gasteiger partial charge in [-0.05, 0) is 55.3 Å². The van der Waals surface area contributed by atoms with Gasteiger partial charge >= 0.3 is 0 Å². The van der Waals surface area contributed by atoms with Crippen LogP contribution in [-0.4, -0.2) is 19.6 Å². The van der Waals surface area contributed by atoms with E-state index in [4.69, 9.17) is 9.47 Å². The van der Waals surface area contributed by atoms with Crippen LogP contribution < -0.4 is 14.8 Å². The number of carbonyl (C=O) groups is 1. The van der Waals surface area contributed by atoms with Gasteiger partial charge in [0.15, 0.2) is 0 Å². The van der Waals surface area contributed by atoms with Gasteiger partial charge in [-0.2, -0.15) is 5.26 Å². The number of hydrogen-bond acceptors (Lipinski definition) is 4. The van der Waals surface area contributed by atoms with Crippen LogP contribution in [0, 0.1) is 18.3 Å². The average Bonchev–Trinajstić information content (AvgIpc) is 2.70. The zero-order chi connectivity index (χ0) is 21.2. The molecule has 0 aliphatic rings. The normalized spacial score (nSPS) is 10.9. The van der Waals surface area contributed by atoms with E-state index >= 15 is 0 Å². The Morgan fingerprint density at radius 2 is 1.97 bits per heavy atom. The molecular formula is C23H25BrN2O3. The summed E-state index contributed by atoms with van der Waals surface area (Å²) in [6.45, 7) is 4.64. The molecule has 0 heterocycles. The second kappa shape index (κ2) is 11.3. The molecule has 0 unspecified atom stereocenters. The molecule has 0 fully saturated rings. The zero-order valence-electron chi connectivity index (χ0n) is 16.9. The molecule has 2 rings (SSSR count). The van der Waals surface area contributed by atoms with Crippen molar-refractivity contribution in [1.29, 1.82) is 5.26 Å². The molecule has 2 aromatic carbocycles. The molecule has 0 saturated heterocycles. The first-order valence-corrected chi connectivity index (χ1v) is 10.3. The molecule has 0 bridgehead atoms. The molecule has 0 aliphatic carbocycles. The molecule has 0 atom stereocenters. The summed E-state index contributed by atoms with van der Waals surface area (Å²) >= 11 is 3.43. The molecule has 1 N–H and O–H groups in total. The third kappa shape index (κ3) is 6.65. The Bertz CT molecular complexity index is 932. The molecule has 0 saturated carbocycles. The molecule has 0 spiro atoms. The van der Waals surface area contributed by atoms with Crippen LogP contribution >= 0.6 is 15.9 Å². The van der Waals surface area contributed by atoms with Gasteiger partial charge < -0.3 is 14.8 Å². The molecule has 0 aliphatic heterocycles. The van der Waals surface area contributed by atoms with Crippen LogP contribution in [0.15, 0.2) is 46.4 Å². The number of nitrogens with zero attached hydrogens (tertiary/aromatic N) is 1. The van der Waals surface area contributed by atoms with Crippen LogP contribution in [0.25, 0.3) is 6.08 Å². The quantitative estimate of drug-likeness (QED) is 0.290. The summed E-state index contributed by atoms with van der Waals surface area (Å²) < 4.78 is 12.0. The standard InChI is InChI=1S/C23H25BrN2O3/c1-4-5-6-11-29-21-10-8-19(24)14-17(21)13-18(15-25)23(27)26-20-12-16(2)7-9-22(20)28-3/h7-10,12-14H,4-6,11H2,1-3H3,(H,26,27)/b18-13+. The largest absolute Gasteiger partial charge is 0.495 e. The molecule has 29 heavy (non-hydrogen) atoms. The number of unbranched alkanes of at least 4 members (excludes halogenated alkanes) is 2. The van der Waals surface area contributed by atoms with Gasteiger partial charge in [-0.3, -0.25) is 4.79 Å². The molecule has 0 aromatic heterocycles. The van der Waals surface area contributed by atoms with Crippen molar-refractivity contribution in [3.63, 3.8) is 0 Å². The van der Waals surface area contributed by atoms with Crippen LogP contribution in [0.1, 0.15) is 37.3 Å². The number of nitrogens with one attached hydrogen (secondary N) is 1. The van der Waals surface area contributed by atoms with Gasteiger partial charge in [-0.1, -0.05) is 41.8 Å². The smallest absolute Gasteiger partial charge is 0.266 e. The monoisotopic (exact) mass is 456 g/mol. The van der Waals surface area contributed by atoms with Crippen molar-refractivity contribution < 1.29 is 14.3 Å². The highest BCUT2D eigenvalue weighted by Gasteiger charge is 2.14. The van der Waals surface area contributed by atoms with E-state index < -0.39 is 5.91 Å². The first-order chi connectivity index (χ1) is 14.0. The fourth-order valence-electron chi connectivity index (χ4n) is 2.71. The first kappa shape index (κ1) is 22.5. The van der Waals surface area contributed by atoms with Crippen molar-refractivity contribution in [3.05, 3.63) is 57.6 Å². The minimum absolute atomic E-state index is 0.0231. The van der Waals surface area contributed by atoms with Crippen molar-refractivity contribution in [1.82, 2.24) is 0 Å². The summed E-state index contributed by atoms with van der Waals surface area (Å²) in [7, 11) is 1.53. The number of nitriles is 1. The van der Waals surface area contributed by atoms with Crippen LogP contribution in [0.4, 0.5) is 5.69 Å². The lowest BCUT2D eigenvalue weighted by molar-refractivity contribution is -0.112. The van der Waals surface area contributed by atoms with E-state index in [1.54, 1.807) is 12.1 Å². The molecule has 5 nitrogen and oxygen atoms in total. The Kier molecular flexibility index (Phi) is 8.75. The number of amides is 1. The number of anilines is 1. The van der Waals surface area contributed by atoms with E-state index in [-0.39, 0.29) is 5.57 Å². The number of hydrogen-bond donors (Lipinski definition) is 1. The van der Waals surface area contributed by atoms with Crippen molar-refractivity contribution in [3.8, 4) is 17.6 Å². The van der Waals surface area contributed by atoms with Gasteiger partial charge in [0.2, 0.25) is 0 Å². The number of halogens is 1. The van der Waals surface area contributed by atoms with Gasteiger partial charge in [0.1, 0.15) is 23.1 Å². The van der Waals surface area contributed by atoms with E-state index in [9.17, 15) is 10.1 Å². The number of rotatable bonds is 9. The highest BCUT2D eigenvalue weighted by atomic mass is 79.9. The van der Waals surface area contributed by atoms with Crippen molar-refractivity contribution in [2.45, 2.75) is 33.1 Å². The van der Waals surface area contributed by atoms with Crippen LogP contribution in [0.3, 0.4) is 0 Å². The van der Waals surface area contributed by atoms with E-state index in [1.165, 1.54) is 13.2 Å². The Morgan fingerprint density at radius 3 is 2.66 bits per heavy atom. The van der Waals surface area contributed by atoms with Gasteiger partial charge in [0, 0.05) is 10.0 Å². The first-order valence-electron chi connectivity index (χ1n) is 9.48. The Labute approximate surface area is 180 Å². The predicted molar refractivity (Wildman–Crippen MR) is 119 cm³/mol. The van der Waals surface area contributed by atoms with E-state index in [0.717, 1.165) is 29.3 Å². The number of ether oxygens (including phenoxy) is 2. The van der Waals surface area contributed by atoms with Gasteiger partial charge in [0.05, 0.1) is 19.4 Å². The van der Waals surface area contributed by atoms with Crippen molar-refractivity contribution in [2.24, 2.45) is 0 Å². The minimum Gasteiger partial charge on any atom is -0.495 e. The zero-order valence-corrected chi connectivity index (χ0v) is 18.5. The Balaban J connectivity index is 2.27. The van der Waals surface area contributed by atoms with Crippen LogP contribution in [0.5, 0.6) is 11.5 Å². The molecule has 2 aromatic rings. The maximum Gasteiger partial charge on any atom is 0.266 e. The lowest BCUT2D eigenvalue weighted by Crippen LogP contribution is -2.14. The highest BCUT2D eigenvalue weighted by molar-refractivity contribution is 9.10. The third-order valence-corrected chi connectivity index (χ3v) is 4.74. The predicted octanol–water partition coefficient (Wildman–Crippen LogP) is 5.88. The summed E-state index contributed by atoms with van der Waals surface area (Å²) in [6.07, 6.45) is 4.69. The lowest BCUT2D eigenvalue weighted by Gasteiger charge is -2.12. The van der Waals surface area contributed by atoms with Gasteiger partial charge in [-0.15, -0.1) is 0 Å². The van der Waals surface area contributed by atoms with Crippen LogP contribution in [-0.2, 0) is 4.79 Å². The molecular weight excluding hydrogens is 432 g/mol. The summed E-state index contributed by atoms with van der Waals surface area (Å²) in [6, 6.07) is 13.0. The SMILES string of the molecule is CCCCCOc1ccc(Br)cc1/C=C(\C#N)C(=O)Nc1cc(C)ccc1OC. The number of aryl methyl sites for hydroxylation is 1. The average molecular weight is 457 g/mol. The summed E-state index contributed by atoms with van der Waals surface area (Å²) in [5.74, 6) is 0.662. The Hall–Kier alpha value is -2.78. The van der Waals surface area contributed by atoms with Crippen molar-refractivity contribution >= 4 is 33.6 Å². The fourth-order valence-corrected chi connectivity index (χ4v) is 3.09. The maximum absolute atomic E-state index is 12.7. The van der Waals surface area contributed by atoms with E-state index in [2.05, 4.69) is 28.2 Å². The molecule has 1 amide bonds. The number of methoxy groups -OCH3 is 1. The third-order valence-electron chi connectivity index (χ3n) is 4.25. The molecule has 152 valence electrons. The van der Waals surface area contributed by atoms with Gasteiger partial charge in [-0.25, -0.2) is 0 Å². The van der Waals surface area contributed by atoms with E-state index in [1.807, 2.05) is 37.3 Å². The Morgan fingerprint density at radius 1 is 1.21 bits per heavy atom. The number of carbonyl (C=O) groups excluding carboxylic acids is 1. The summed E-state index contributed by atoms with van der Waals surface area (Å²) in [5.41, 5.74) is 2.13. The second-order valence-electron chi connectivity index (χ2n) is 6.57. The topological polar surface area (TPSA) is 71.3 Å². The van der Waals surface area contributed by atoms with Crippen LogP contribution in [0.2, 0.25) is 0 Å². The van der Waals surface area contributed by atoms with Gasteiger partial charge in [0.25, 0.3) is 5.91 Å². The van der Waals surface area contributed by atoms with E-state index in [0.29, 0.717) is 29.4 Å².